The topological polar surface area (TPSA) is 111 Å². The molecule has 1 aromatic heterocycles. The largest absolute Gasteiger partial charge is 0.378 e. The molecule has 2 saturated heterocycles. The number of amides is 2. The lowest BCUT2D eigenvalue weighted by molar-refractivity contribution is -0.119. The van der Waals surface area contributed by atoms with Crippen molar-refractivity contribution in [1.82, 2.24) is 25.6 Å². The minimum Gasteiger partial charge on any atom is -0.378 e. The number of morpholine rings is 1. The van der Waals surface area contributed by atoms with Crippen LogP contribution in [0.25, 0.3) is 0 Å². The van der Waals surface area contributed by atoms with Gasteiger partial charge >= 0.3 is 0 Å². The van der Waals surface area contributed by atoms with Crippen LogP contribution < -0.4 is 15.8 Å². The first-order valence-corrected chi connectivity index (χ1v) is 11.3. The van der Waals surface area contributed by atoms with Gasteiger partial charge in [0.1, 0.15) is 0 Å². The fourth-order valence-corrected chi connectivity index (χ4v) is 4.23. The number of rotatable bonds is 7. The zero-order chi connectivity index (χ0) is 21.5. The summed E-state index contributed by atoms with van der Waals surface area (Å²) in [4.78, 5) is 26.5. The Morgan fingerprint density at radius 3 is 2.65 bits per heavy atom. The SMILES string of the molecule is O=C(CSc1nnc(N2CCOCC2)n1CC1CCCO1)NNC(=O)c1ccccc1. The Morgan fingerprint density at radius 2 is 1.90 bits per heavy atom. The lowest BCUT2D eigenvalue weighted by atomic mass is 10.2. The summed E-state index contributed by atoms with van der Waals surface area (Å²) in [6.45, 7) is 4.22. The molecule has 2 aromatic rings. The van der Waals surface area contributed by atoms with Crippen molar-refractivity contribution < 1.29 is 19.1 Å². The van der Waals surface area contributed by atoms with Crippen molar-refractivity contribution in [2.24, 2.45) is 0 Å². The zero-order valence-electron chi connectivity index (χ0n) is 17.2. The molecule has 1 unspecified atom stereocenters. The highest BCUT2D eigenvalue weighted by atomic mass is 32.2. The summed E-state index contributed by atoms with van der Waals surface area (Å²) in [5.74, 6) is 0.185. The summed E-state index contributed by atoms with van der Waals surface area (Å²) in [6.07, 6.45) is 2.16. The lowest BCUT2D eigenvalue weighted by Crippen LogP contribution is -2.42. The lowest BCUT2D eigenvalue weighted by Gasteiger charge is -2.28. The number of carbonyl (C=O) groups excluding carboxylic acids is 2. The fraction of sp³-hybridized carbons (Fsp3) is 0.500. The van der Waals surface area contributed by atoms with Crippen LogP contribution in [0.3, 0.4) is 0 Å². The van der Waals surface area contributed by atoms with Gasteiger partial charge in [0.15, 0.2) is 5.16 Å². The average molecular weight is 447 g/mol. The molecule has 2 amide bonds. The Labute approximate surface area is 184 Å². The van der Waals surface area contributed by atoms with Gasteiger partial charge in [-0.3, -0.25) is 25.0 Å². The molecule has 2 fully saturated rings. The Bertz CT molecular complexity index is 881. The van der Waals surface area contributed by atoms with Crippen LogP contribution in [0.5, 0.6) is 0 Å². The molecule has 2 aliphatic heterocycles. The highest BCUT2D eigenvalue weighted by Crippen LogP contribution is 2.25. The van der Waals surface area contributed by atoms with Crippen LogP contribution in [0.1, 0.15) is 23.2 Å². The number of hydrogen-bond donors (Lipinski definition) is 2. The first-order chi connectivity index (χ1) is 15.2. The van der Waals surface area contributed by atoms with Crippen LogP contribution in [-0.2, 0) is 20.8 Å². The van der Waals surface area contributed by atoms with Crippen molar-refractivity contribution >= 4 is 29.5 Å². The smallest absolute Gasteiger partial charge is 0.269 e. The molecule has 2 N–H and O–H groups in total. The number of anilines is 1. The Morgan fingerprint density at radius 1 is 1.10 bits per heavy atom. The van der Waals surface area contributed by atoms with Crippen molar-refractivity contribution in [2.45, 2.75) is 30.6 Å². The van der Waals surface area contributed by atoms with Crippen molar-refractivity contribution in [3.8, 4) is 0 Å². The average Bonchev–Trinajstić information content (AvgIpc) is 3.47. The van der Waals surface area contributed by atoms with Crippen molar-refractivity contribution in [3.63, 3.8) is 0 Å². The number of aromatic nitrogens is 3. The first kappa shape index (κ1) is 21.6. The van der Waals surface area contributed by atoms with E-state index in [0.29, 0.717) is 30.5 Å². The predicted molar refractivity (Wildman–Crippen MR) is 115 cm³/mol. The molecule has 0 aliphatic carbocycles. The number of nitrogens with one attached hydrogen (secondary N) is 2. The monoisotopic (exact) mass is 446 g/mol. The highest BCUT2D eigenvalue weighted by Gasteiger charge is 2.25. The summed E-state index contributed by atoms with van der Waals surface area (Å²) < 4.78 is 13.3. The second-order valence-corrected chi connectivity index (χ2v) is 8.23. The Balaban J connectivity index is 1.36. The van der Waals surface area contributed by atoms with E-state index in [9.17, 15) is 9.59 Å². The third-order valence-corrected chi connectivity index (χ3v) is 6.05. The van der Waals surface area contributed by atoms with Gasteiger partial charge in [-0.2, -0.15) is 0 Å². The van der Waals surface area contributed by atoms with Crippen molar-refractivity contribution in [1.29, 1.82) is 0 Å². The van der Waals surface area contributed by atoms with Gasteiger partial charge in [0.2, 0.25) is 11.9 Å². The van der Waals surface area contributed by atoms with Crippen molar-refractivity contribution in [2.75, 3.05) is 43.6 Å². The highest BCUT2D eigenvalue weighted by molar-refractivity contribution is 7.99. The standard InChI is InChI=1S/C20H26N6O4S/c27-17(21-22-18(28)15-5-2-1-3-6-15)14-31-20-24-23-19(25-8-11-29-12-9-25)26(20)13-16-7-4-10-30-16/h1-3,5-6,16H,4,7-14H2,(H,21,27)(H,22,28). The van der Waals surface area contributed by atoms with E-state index in [4.69, 9.17) is 9.47 Å². The van der Waals surface area contributed by atoms with Gasteiger partial charge in [-0.15, -0.1) is 10.2 Å². The van der Waals surface area contributed by atoms with Gasteiger partial charge in [-0.1, -0.05) is 30.0 Å². The van der Waals surface area contributed by atoms with Gasteiger partial charge in [0.05, 0.1) is 31.6 Å². The van der Waals surface area contributed by atoms with Crippen LogP contribution >= 0.6 is 11.8 Å². The van der Waals surface area contributed by atoms with Gasteiger partial charge in [-0.05, 0) is 25.0 Å². The zero-order valence-corrected chi connectivity index (χ0v) is 18.0. The van der Waals surface area contributed by atoms with Gasteiger partial charge in [0, 0.05) is 25.3 Å². The maximum Gasteiger partial charge on any atom is 0.269 e. The molecule has 1 atom stereocenters. The predicted octanol–water partition coefficient (Wildman–Crippen LogP) is 0.847. The molecule has 11 heteroatoms. The number of ether oxygens (including phenoxy) is 2. The summed E-state index contributed by atoms with van der Waals surface area (Å²) in [5.41, 5.74) is 5.35. The molecule has 166 valence electrons. The second kappa shape index (κ2) is 10.6. The third kappa shape index (κ3) is 5.75. The molecule has 10 nitrogen and oxygen atoms in total. The summed E-state index contributed by atoms with van der Waals surface area (Å²) >= 11 is 1.28. The number of thioether (sulfide) groups is 1. The molecule has 3 heterocycles. The molecular formula is C20H26N6O4S. The van der Waals surface area contributed by atoms with E-state index < -0.39 is 0 Å². The molecule has 0 radical (unpaired) electrons. The first-order valence-electron chi connectivity index (χ1n) is 10.4. The van der Waals surface area contributed by atoms with E-state index in [0.717, 1.165) is 38.5 Å². The van der Waals surface area contributed by atoms with E-state index in [-0.39, 0.29) is 23.7 Å². The maximum atomic E-state index is 12.3. The molecular weight excluding hydrogens is 420 g/mol. The molecule has 31 heavy (non-hydrogen) atoms. The second-order valence-electron chi connectivity index (χ2n) is 7.28. The van der Waals surface area contributed by atoms with Crippen LogP contribution in [0.2, 0.25) is 0 Å². The van der Waals surface area contributed by atoms with E-state index in [1.165, 1.54) is 11.8 Å². The molecule has 1 aromatic carbocycles. The Hall–Kier alpha value is -2.63. The molecule has 0 saturated carbocycles. The fourth-order valence-electron chi connectivity index (χ4n) is 3.49. The normalized spacial score (nSPS) is 18.7. The van der Waals surface area contributed by atoms with E-state index in [1.807, 2.05) is 10.6 Å². The van der Waals surface area contributed by atoms with E-state index in [2.05, 4.69) is 25.9 Å². The Kier molecular flexibility index (Phi) is 7.39. The molecule has 0 spiro atoms. The number of hydrazine groups is 1. The molecule has 0 bridgehead atoms. The number of nitrogens with zero attached hydrogens (tertiary/aromatic N) is 4. The number of carbonyl (C=O) groups is 2. The van der Waals surface area contributed by atoms with E-state index >= 15 is 0 Å². The van der Waals surface area contributed by atoms with Crippen molar-refractivity contribution in [3.05, 3.63) is 35.9 Å². The van der Waals surface area contributed by atoms with Crippen LogP contribution in [0.4, 0.5) is 5.95 Å². The minimum absolute atomic E-state index is 0.0990. The van der Waals surface area contributed by atoms with E-state index in [1.54, 1.807) is 24.3 Å². The van der Waals surface area contributed by atoms with Crippen LogP contribution in [-0.4, -0.2) is 71.3 Å². The van der Waals surface area contributed by atoms with Crippen LogP contribution in [0.15, 0.2) is 35.5 Å². The van der Waals surface area contributed by atoms with Gasteiger partial charge in [-0.25, -0.2) is 0 Å². The quantitative estimate of drug-likeness (QED) is 0.476. The number of hydrogen-bond acceptors (Lipinski definition) is 8. The number of benzene rings is 1. The summed E-state index contributed by atoms with van der Waals surface area (Å²) in [5, 5.41) is 9.35. The van der Waals surface area contributed by atoms with Gasteiger partial charge in [0.25, 0.3) is 5.91 Å². The third-order valence-electron chi connectivity index (χ3n) is 5.09. The summed E-state index contributed by atoms with van der Waals surface area (Å²) in [6, 6.07) is 8.71. The van der Waals surface area contributed by atoms with Gasteiger partial charge < -0.3 is 14.4 Å². The molecule has 2 aliphatic rings. The minimum atomic E-state index is -0.366. The molecule has 4 rings (SSSR count). The maximum absolute atomic E-state index is 12.3. The summed E-state index contributed by atoms with van der Waals surface area (Å²) in [7, 11) is 0. The van der Waals surface area contributed by atoms with Crippen LogP contribution in [0, 0.1) is 0 Å².